The lowest BCUT2D eigenvalue weighted by atomic mass is 9.99. The summed E-state index contributed by atoms with van der Waals surface area (Å²) in [5, 5.41) is 12.0. The molecule has 0 aromatic heterocycles. The highest BCUT2D eigenvalue weighted by atomic mass is 16.4. The fourth-order valence-electron chi connectivity index (χ4n) is 1.45. The number of hydrogen-bond donors (Lipinski definition) is 2. The monoisotopic (exact) mass is 230 g/mol. The number of aliphatic carboxylic acids is 1. The summed E-state index contributed by atoms with van der Waals surface area (Å²) in [5.41, 5.74) is 0.134. The number of rotatable bonds is 8. The van der Waals surface area contributed by atoms with Crippen LogP contribution in [0.1, 0.15) is 40.5 Å². The molecule has 0 heterocycles. The zero-order valence-electron chi connectivity index (χ0n) is 11.2. The lowest BCUT2D eigenvalue weighted by Crippen LogP contribution is -2.45. The topological polar surface area (TPSA) is 52.6 Å². The normalized spacial score (nSPS) is 14.1. The maximum Gasteiger partial charge on any atom is 0.320 e. The van der Waals surface area contributed by atoms with Crippen LogP contribution in [0, 0.1) is 0 Å². The molecule has 2 N–H and O–H groups in total. The Hall–Kier alpha value is -0.610. The lowest BCUT2D eigenvalue weighted by molar-refractivity contribution is -0.139. The Labute approximate surface area is 99.0 Å². The predicted molar refractivity (Wildman–Crippen MR) is 66.7 cm³/mol. The predicted octanol–water partition coefficient (Wildman–Crippen LogP) is 1.56. The van der Waals surface area contributed by atoms with Crippen molar-refractivity contribution < 1.29 is 9.90 Å². The first-order chi connectivity index (χ1) is 7.35. The number of nitrogens with one attached hydrogen (secondary N) is 1. The number of hydrogen-bond acceptors (Lipinski definition) is 3. The highest BCUT2D eigenvalue weighted by Crippen LogP contribution is 2.16. The summed E-state index contributed by atoms with van der Waals surface area (Å²) in [5.74, 6) is -0.760. The molecule has 4 heteroatoms. The quantitative estimate of drug-likeness (QED) is 0.664. The molecule has 0 saturated heterocycles. The number of carbonyl (C=O) groups is 1. The molecule has 0 saturated carbocycles. The molecule has 0 amide bonds. The van der Waals surface area contributed by atoms with Crippen LogP contribution < -0.4 is 5.32 Å². The third-order valence-corrected chi connectivity index (χ3v) is 3.40. The molecule has 0 fully saturated rings. The third-order valence-electron chi connectivity index (χ3n) is 3.40. The van der Waals surface area contributed by atoms with E-state index >= 15 is 0 Å². The Morgan fingerprint density at radius 3 is 2.38 bits per heavy atom. The van der Waals surface area contributed by atoms with E-state index in [9.17, 15) is 4.79 Å². The molecule has 0 rings (SSSR count). The number of carboxylic acid groups (broad SMARTS) is 1. The van der Waals surface area contributed by atoms with Crippen LogP contribution in [0.5, 0.6) is 0 Å². The minimum Gasteiger partial charge on any atom is -0.480 e. The molecule has 0 spiro atoms. The van der Waals surface area contributed by atoms with Gasteiger partial charge in [0.2, 0.25) is 0 Å². The van der Waals surface area contributed by atoms with Gasteiger partial charge in [-0.15, -0.1) is 0 Å². The van der Waals surface area contributed by atoms with Crippen LogP contribution in [0.3, 0.4) is 0 Å². The maximum atomic E-state index is 10.9. The van der Waals surface area contributed by atoms with Gasteiger partial charge in [-0.25, -0.2) is 0 Å². The van der Waals surface area contributed by atoms with Gasteiger partial charge >= 0.3 is 5.97 Å². The first-order valence-electron chi connectivity index (χ1n) is 6.02. The Morgan fingerprint density at radius 1 is 1.44 bits per heavy atom. The van der Waals surface area contributed by atoms with E-state index in [4.69, 9.17) is 5.11 Å². The van der Waals surface area contributed by atoms with E-state index in [-0.39, 0.29) is 5.54 Å². The molecule has 0 radical (unpaired) electrons. The Kier molecular flexibility index (Phi) is 6.60. The summed E-state index contributed by atoms with van der Waals surface area (Å²) in [6.07, 6.45) is 1.70. The lowest BCUT2D eigenvalue weighted by Gasteiger charge is -2.35. The second-order valence-corrected chi connectivity index (χ2v) is 4.82. The van der Waals surface area contributed by atoms with E-state index in [1.807, 2.05) is 14.0 Å². The Bertz CT molecular complexity index is 217. The second kappa shape index (κ2) is 6.86. The van der Waals surface area contributed by atoms with Gasteiger partial charge < -0.3 is 15.3 Å². The molecule has 1 atom stereocenters. The van der Waals surface area contributed by atoms with Gasteiger partial charge in [-0.3, -0.25) is 4.79 Å². The Morgan fingerprint density at radius 2 is 2.00 bits per heavy atom. The van der Waals surface area contributed by atoms with Gasteiger partial charge in [0.15, 0.2) is 0 Å². The van der Waals surface area contributed by atoms with Crippen molar-refractivity contribution in [3.63, 3.8) is 0 Å². The van der Waals surface area contributed by atoms with Crippen molar-refractivity contribution in [3.05, 3.63) is 0 Å². The van der Waals surface area contributed by atoms with Gasteiger partial charge in [0.25, 0.3) is 0 Å². The average Bonchev–Trinajstić information content (AvgIpc) is 2.23. The van der Waals surface area contributed by atoms with E-state index in [1.54, 1.807) is 0 Å². The van der Waals surface area contributed by atoms with Crippen LogP contribution in [0.25, 0.3) is 0 Å². The minimum absolute atomic E-state index is 0.134. The molecule has 0 aromatic carbocycles. The zero-order chi connectivity index (χ0) is 12.8. The van der Waals surface area contributed by atoms with Crippen molar-refractivity contribution in [1.29, 1.82) is 0 Å². The average molecular weight is 230 g/mol. The van der Waals surface area contributed by atoms with Crippen LogP contribution in [-0.4, -0.2) is 47.7 Å². The molecular weight excluding hydrogens is 204 g/mol. The van der Waals surface area contributed by atoms with Crippen molar-refractivity contribution in [2.24, 2.45) is 0 Å². The van der Waals surface area contributed by atoms with E-state index in [1.165, 1.54) is 0 Å². The molecule has 0 aliphatic carbocycles. The van der Waals surface area contributed by atoms with Gasteiger partial charge in [0, 0.05) is 12.1 Å². The minimum atomic E-state index is -0.760. The summed E-state index contributed by atoms with van der Waals surface area (Å²) >= 11 is 0. The standard InChI is InChI=1S/C12H26N2O2/c1-6-12(3,4)14(5)9-8-10(11(15)16)13-7-2/h10,13H,6-9H2,1-5H3,(H,15,16). The molecule has 96 valence electrons. The SMILES string of the molecule is CCNC(CCN(C)C(C)(C)CC)C(=O)O. The molecule has 0 aromatic rings. The highest BCUT2D eigenvalue weighted by molar-refractivity contribution is 5.73. The van der Waals surface area contributed by atoms with E-state index in [0.717, 1.165) is 13.0 Å². The molecular formula is C12H26N2O2. The largest absolute Gasteiger partial charge is 0.480 e. The smallest absolute Gasteiger partial charge is 0.320 e. The van der Waals surface area contributed by atoms with Crippen molar-refractivity contribution >= 4 is 5.97 Å². The van der Waals surface area contributed by atoms with Crippen LogP contribution in [0.15, 0.2) is 0 Å². The number of nitrogens with zero attached hydrogens (tertiary/aromatic N) is 1. The third kappa shape index (κ3) is 4.94. The molecule has 0 bridgehead atoms. The molecule has 1 unspecified atom stereocenters. The van der Waals surface area contributed by atoms with Crippen LogP contribution in [0.4, 0.5) is 0 Å². The van der Waals surface area contributed by atoms with Gasteiger partial charge in [0.1, 0.15) is 6.04 Å². The van der Waals surface area contributed by atoms with Gasteiger partial charge in [-0.05, 0) is 40.3 Å². The molecule has 16 heavy (non-hydrogen) atoms. The summed E-state index contributed by atoms with van der Waals surface area (Å²) in [6, 6.07) is -0.430. The number of carboxylic acids is 1. The summed E-state index contributed by atoms with van der Waals surface area (Å²) < 4.78 is 0. The van der Waals surface area contributed by atoms with Gasteiger partial charge in [-0.1, -0.05) is 13.8 Å². The second-order valence-electron chi connectivity index (χ2n) is 4.82. The first-order valence-corrected chi connectivity index (χ1v) is 6.02. The van der Waals surface area contributed by atoms with Crippen molar-refractivity contribution in [2.75, 3.05) is 20.1 Å². The summed E-state index contributed by atoms with van der Waals surface area (Å²) in [7, 11) is 2.05. The molecule has 4 nitrogen and oxygen atoms in total. The highest BCUT2D eigenvalue weighted by Gasteiger charge is 2.23. The van der Waals surface area contributed by atoms with Crippen molar-refractivity contribution in [3.8, 4) is 0 Å². The zero-order valence-corrected chi connectivity index (χ0v) is 11.2. The first kappa shape index (κ1) is 15.4. The van der Waals surface area contributed by atoms with Crippen LogP contribution in [-0.2, 0) is 4.79 Å². The van der Waals surface area contributed by atoms with Crippen LogP contribution in [0.2, 0.25) is 0 Å². The maximum absolute atomic E-state index is 10.9. The van der Waals surface area contributed by atoms with Crippen molar-refractivity contribution in [2.45, 2.75) is 52.1 Å². The Balaban J connectivity index is 4.15. The number of likely N-dealkylation sites (N-methyl/N-ethyl adjacent to an activating group) is 1. The van der Waals surface area contributed by atoms with Crippen LogP contribution >= 0.6 is 0 Å². The van der Waals surface area contributed by atoms with E-state index < -0.39 is 12.0 Å². The molecule has 0 aliphatic heterocycles. The van der Waals surface area contributed by atoms with Gasteiger partial charge in [0.05, 0.1) is 0 Å². The summed E-state index contributed by atoms with van der Waals surface area (Å²) in [6.45, 7) is 9.92. The van der Waals surface area contributed by atoms with Crippen molar-refractivity contribution in [1.82, 2.24) is 10.2 Å². The molecule has 0 aliphatic rings. The summed E-state index contributed by atoms with van der Waals surface area (Å²) in [4.78, 5) is 13.2. The van der Waals surface area contributed by atoms with E-state index in [0.29, 0.717) is 13.0 Å². The van der Waals surface area contributed by atoms with E-state index in [2.05, 4.69) is 31.0 Å². The fraction of sp³-hybridized carbons (Fsp3) is 0.917. The fourth-order valence-corrected chi connectivity index (χ4v) is 1.45. The van der Waals surface area contributed by atoms with Gasteiger partial charge in [-0.2, -0.15) is 0 Å².